The molecule has 1 atom stereocenters. The molecule has 5 heteroatoms. The molecule has 0 aromatic rings. The molecule has 1 amide bonds. The van der Waals surface area contributed by atoms with Crippen LogP contribution < -0.4 is 10.6 Å². The molecule has 0 aromatic heterocycles. The van der Waals surface area contributed by atoms with E-state index in [0.717, 1.165) is 25.9 Å². The number of carboxylic acids is 1. The minimum Gasteiger partial charge on any atom is -0.480 e. The Morgan fingerprint density at radius 1 is 1.47 bits per heavy atom. The lowest BCUT2D eigenvalue weighted by atomic mass is 9.91. The van der Waals surface area contributed by atoms with Crippen LogP contribution in [0, 0.1) is 5.92 Å². The van der Waals surface area contributed by atoms with Crippen LogP contribution in [0.3, 0.4) is 0 Å². The first-order chi connectivity index (χ1) is 8.00. The normalized spacial score (nSPS) is 18.4. The zero-order chi connectivity index (χ0) is 12.8. The van der Waals surface area contributed by atoms with E-state index in [1.165, 1.54) is 0 Å². The van der Waals surface area contributed by atoms with Crippen molar-refractivity contribution in [3.8, 4) is 0 Å². The van der Waals surface area contributed by atoms with Crippen molar-refractivity contribution >= 4 is 11.9 Å². The van der Waals surface area contributed by atoms with E-state index in [-0.39, 0.29) is 5.91 Å². The van der Waals surface area contributed by atoms with Gasteiger partial charge in [-0.15, -0.1) is 0 Å². The fraction of sp³-hybridized carbons (Fsp3) is 0.667. The lowest BCUT2D eigenvalue weighted by Gasteiger charge is -2.25. The molecule has 3 N–H and O–H groups in total. The predicted octanol–water partition coefficient (Wildman–Crippen LogP) is 0.522. The van der Waals surface area contributed by atoms with Gasteiger partial charge in [-0.2, -0.15) is 0 Å². The summed E-state index contributed by atoms with van der Waals surface area (Å²) < 4.78 is 0. The Labute approximate surface area is 101 Å². The summed E-state index contributed by atoms with van der Waals surface area (Å²) >= 11 is 0. The van der Waals surface area contributed by atoms with Crippen molar-refractivity contribution in [2.75, 3.05) is 13.1 Å². The first kappa shape index (κ1) is 13.7. The Morgan fingerprint density at radius 3 is 2.53 bits per heavy atom. The van der Waals surface area contributed by atoms with Gasteiger partial charge in [-0.05, 0) is 45.2 Å². The second-order valence-electron chi connectivity index (χ2n) is 4.57. The van der Waals surface area contributed by atoms with E-state index in [1.54, 1.807) is 6.92 Å². The molecule has 1 aliphatic heterocycles. The van der Waals surface area contributed by atoms with Crippen LogP contribution in [0.2, 0.25) is 0 Å². The quantitative estimate of drug-likeness (QED) is 0.612. The molecule has 0 radical (unpaired) electrons. The first-order valence-electron chi connectivity index (χ1n) is 5.90. The number of aliphatic carboxylic acids is 1. The highest BCUT2D eigenvalue weighted by Gasteiger charge is 2.25. The average Bonchev–Trinajstić information content (AvgIpc) is 2.29. The van der Waals surface area contributed by atoms with Crippen LogP contribution in [0.25, 0.3) is 0 Å². The summed E-state index contributed by atoms with van der Waals surface area (Å²) in [7, 11) is 0. The maximum atomic E-state index is 11.4. The largest absolute Gasteiger partial charge is 0.480 e. The molecule has 0 aromatic carbocycles. The minimum atomic E-state index is -0.974. The highest BCUT2D eigenvalue weighted by molar-refractivity contribution is 5.94. The van der Waals surface area contributed by atoms with Gasteiger partial charge in [-0.1, -0.05) is 6.58 Å². The van der Waals surface area contributed by atoms with Crippen molar-refractivity contribution < 1.29 is 14.7 Å². The SMILES string of the molecule is C=C(C)C(=O)NC(CC1CCNCC1)C(=O)O. The second-order valence-corrected chi connectivity index (χ2v) is 4.57. The smallest absolute Gasteiger partial charge is 0.326 e. The van der Waals surface area contributed by atoms with Gasteiger partial charge in [0.1, 0.15) is 6.04 Å². The fourth-order valence-electron chi connectivity index (χ4n) is 1.95. The maximum absolute atomic E-state index is 11.4. The van der Waals surface area contributed by atoms with Crippen LogP contribution in [0.1, 0.15) is 26.2 Å². The van der Waals surface area contributed by atoms with E-state index in [4.69, 9.17) is 5.11 Å². The van der Waals surface area contributed by atoms with E-state index in [2.05, 4.69) is 17.2 Å². The monoisotopic (exact) mass is 240 g/mol. The van der Waals surface area contributed by atoms with Crippen molar-refractivity contribution in [1.29, 1.82) is 0 Å². The minimum absolute atomic E-state index is 0.335. The summed E-state index contributed by atoms with van der Waals surface area (Å²) in [6.07, 6.45) is 2.43. The van der Waals surface area contributed by atoms with Crippen molar-refractivity contribution in [3.05, 3.63) is 12.2 Å². The molecule has 0 spiro atoms. The zero-order valence-corrected chi connectivity index (χ0v) is 10.2. The molecular formula is C12H20N2O3. The zero-order valence-electron chi connectivity index (χ0n) is 10.2. The number of nitrogens with one attached hydrogen (secondary N) is 2. The summed E-state index contributed by atoms with van der Waals surface area (Å²) in [4.78, 5) is 22.5. The summed E-state index contributed by atoms with van der Waals surface area (Å²) in [5, 5.41) is 14.8. The molecule has 1 aliphatic rings. The molecule has 17 heavy (non-hydrogen) atoms. The third kappa shape index (κ3) is 4.56. The van der Waals surface area contributed by atoms with Gasteiger partial charge in [0.15, 0.2) is 0 Å². The molecule has 0 aliphatic carbocycles. The van der Waals surface area contributed by atoms with Gasteiger partial charge in [-0.3, -0.25) is 4.79 Å². The third-order valence-corrected chi connectivity index (χ3v) is 3.02. The summed E-state index contributed by atoms with van der Waals surface area (Å²) in [6.45, 7) is 6.91. The third-order valence-electron chi connectivity index (χ3n) is 3.02. The van der Waals surface area contributed by atoms with Crippen molar-refractivity contribution in [2.45, 2.75) is 32.2 Å². The summed E-state index contributed by atoms with van der Waals surface area (Å²) in [5.74, 6) is -0.993. The summed E-state index contributed by atoms with van der Waals surface area (Å²) in [6, 6.07) is -0.803. The molecule has 5 nitrogen and oxygen atoms in total. The number of hydrogen-bond donors (Lipinski definition) is 3. The molecule has 96 valence electrons. The molecule has 1 rings (SSSR count). The Morgan fingerprint density at radius 2 is 2.06 bits per heavy atom. The predicted molar refractivity (Wildman–Crippen MR) is 64.6 cm³/mol. The van der Waals surface area contributed by atoms with Gasteiger partial charge in [0.2, 0.25) is 5.91 Å². The topological polar surface area (TPSA) is 78.4 Å². The number of piperidine rings is 1. The van der Waals surface area contributed by atoms with Gasteiger partial charge >= 0.3 is 5.97 Å². The van der Waals surface area contributed by atoms with Crippen LogP contribution in [-0.2, 0) is 9.59 Å². The second kappa shape index (κ2) is 6.39. The number of amides is 1. The number of hydrogen-bond acceptors (Lipinski definition) is 3. The maximum Gasteiger partial charge on any atom is 0.326 e. The van der Waals surface area contributed by atoms with Crippen LogP contribution in [0.5, 0.6) is 0 Å². The van der Waals surface area contributed by atoms with E-state index >= 15 is 0 Å². The van der Waals surface area contributed by atoms with Crippen LogP contribution in [-0.4, -0.2) is 36.1 Å². The number of carbonyl (C=O) groups is 2. The molecule has 0 saturated carbocycles. The van der Waals surface area contributed by atoms with E-state index in [0.29, 0.717) is 17.9 Å². The Bertz CT molecular complexity index is 309. The van der Waals surface area contributed by atoms with Gasteiger partial charge in [0, 0.05) is 5.57 Å². The number of carboxylic acid groups (broad SMARTS) is 1. The van der Waals surface area contributed by atoms with Crippen molar-refractivity contribution in [2.24, 2.45) is 5.92 Å². The number of rotatable bonds is 5. The molecule has 1 saturated heterocycles. The van der Waals surface area contributed by atoms with E-state index in [1.807, 2.05) is 0 Å². The summed E-state index contributed by atoms with van der Waals surface area (Å²) in [5.41, 5.74) is 0.335. The van der Waals surface area contributed by atoms with Crippen molar-refractivity contribution in [3.63, 3.8) is 0 Å². The van der Waals surface area contributed by atoms with Crippen molar-refractivity contribution in [1.82, 2.24) is 10.6 Å². The lowest BCUT2D eigenvalue weighted by Crippen LogP contribution is -2.43. The molecule has 1 fully saturated rings. The van der Waals surface area contributed by atoms with Gasteiger partial charge in [0.05, 0.1) is 0 Å². The Hall–Kier alpha value is -1.36. The molecule has 0 bridgehead atoms. The molecule has 1 heterocycles. The van der Waals surface area contributed by atoms with E-state index in [9.17, 15) is 9.59 Å². The molecular weight excluding hydrogens is 220 g/mol. The Balaban J connectivity index is 2.50. The van der Waals surface area contributed by atoms with Crippen LogP contribution >= 0.6 is 0 Å². The van der Waals surface area contributed by atoms with Gasteiger partial charge < -0.3 is 15.7 Å². The average molecular weight is 240 g/mol. The van der Waals surface area contributed by atoms with Crippen LogP contribution in [0.4, 0.5) is 0 Å². The van der Waals surface area contributed by atoms with Gasteiger partial charge in [-0.25, -0.2) is 4.79 Å². The fourth-order valence-corrected chi connectivity index (χ4v) is 1.95. The highest BCUT2D eigenvalue weighted by atomic mass is 16.4. The van der Waals surface area contributed by atoms with Gasteiger partial charge in [0.25, 0.3) is 0 Å². The molecule has 1 unspecified atom stereocenters. The highest BCUT2D eigenvalue weighted by Crippen LogP contribution is 2.18. The number of carbonyl (C=O) groups excluding carboxylic acids is 1. The van der Waals surface area contributed by atoms with Crippen LogP contribution in [0.15, 0.2) is 12.2 Å². The Kier molecular flexibility index (Phi) is 5.15. The first-order valence-corrected chi connectivity index (χ1v) is 5.90. The standard InChI is InChI=1S/C12H20N2O3/c1-8(2)11(15)14-10(12(16)17)7-9-3-5-13-6-4-9/h9-10,13H,1,3-7H2,2H3,(H,14,15)(H,16,17). The van der Waals surface area contributed by atoms with E-state index < -0.39 is 12.0 Å². The lowest BCUT2D eigenvalue weighted by molar-refractivity contribution is -0.141.